The number of halogens is 2. The summed E-state index contributed by atoms with van der Waals surface area (Å²) >= 11 is 0. The molecule has 2 rings (SSSR count). The van der Waals surface area contributed by atoms with Crippen molar-refractivity contribution in [3.63, 3.8) is 0 Å². The van der Waals surface area contributed by atoms with Gasteiger partial charge in [0.15, 0.2) is 0 Å². The number of benzene rings is 2. The molecule has 3 nitrogen and oxygen atoms in total. The largest absolute Gasteiger partial charge is 2.00 e. The summed E-state index contributed by atoms with van der Waals surface area (Å²) < 4.78 is 0. The molecule has 177 valence electrons. The Morgan fingerprint density at radius 1 is 0.742 bits per heavy atom. The molecule has 0 amide bonds. The van der Waals surface area contributed by atoms with E-state index in [2.05, 4.69) is 87.5 Å². The molecule has 0 aliphatic heterocycles. The molecule has 2 aromatic rings. The van der Waals surface area contributed by atoms with Crippen molar-refractivity contribution in [1.29, 1.82) is 0 Å². The quantitative estimate of drug-likeness (QED) is 0.363. The van der Waals surface area contributed by atoms with Crippen LogP contribution < -0.4 is 44.6 Å². The Morgan fingerprint density at radius 3 is 1.61 bits per heavy atom. The minimum Gasteiger partial charge on any atom is -1.00 e. The Balaban J connectivity index is 0. The number of likely N-dealkylation sites (N-methyl/N-ethyl adjacent to an activating group) is 1. The van der Waals surface area contributed by atoms with Crippen molar-refractivity contribution in [2.75, 3.05) is 43.9 Å². The van der Waals surface area contributed by atoms with Crippen molar-refractivity contribution in [2.24, 2.45) is 0 Å². The Kier molecular flexibility index (Phi) is 17.9. The van der Waals surface area contributed by atoms with E-state index in [-0.39, 0.29) is 50.7 Å². The monoisotopic (exact) mass is 598 g/mol. The third-order valence-corrected chi connectivity index (χ3v) is 5.60. The molecule has 1 radical (unpaired) electrons. The number of aryl methyl sites for hydroxylation is 5. The van der Waals surface area contributed by atoms with Crippen LogP contribution >= 0.6 is 0 Å². The van der Waals surface area contributed by atoms with Crippen molar-refractivity contribution in [3.05, 3.63) is 58.1 Å². The van der Waals surface area contributed by atoms with Crippen molar-refractivity contribution in [1.82, 2.24) is 4.90 Å². The summed E-state index contributed by atoms with van der Waals surface area (Å²) in [5, 5.41) is 7.34. The van der Waals surface area contributed by atoms with Gasteiger partial charge in [-0.1, -0.05) is 51.1 Å². The second-order valence-electron chi connectivity index (χ2n) is 7.77. The van der Waals surface area contributed by atoms with Crippen LogP contribution in [0.25, 0.3) is 0 Å². The third-order valence-electron chi connectivity index (χ3n) is 5.60. The van der Waals surface area contributed by atoms with Gasteiger partial charge in [-0.2, -0.15) is 0 Å². The maximum Gasteiger partial charge on any atom is 2.00 e. The van der Waals surface area contributed by atoms with Crippen LogP contribution in [-0.4, -0.2) is 38.1 Å². The zero-order valence-corrected chi connectivity index (χ0v) is 24.1. The van der Waals surface area contributed by atoms with Gasteiger partial charge in [0.1, 0.15) is 0 Å². The molecule has 2 N–H and O–H groups in total. The summed E-state index contributed by atoms with van der Waals surface area (Å²) in [6, 6.07) is 11.2. The molecular formula is C25H39Br2CoN3. The van der Waals surface area contributed by atoms with Crippen LogP contribution in [0.5, 0.6) is 0 Å². The van der Waals surface area contributed by atoms with E-state index in [4.69, 9.17) is 0 Å². The van der Waals surface area contributed by atoms with Gasteiger partial charge >= 0.3 is 16.8 Å². The van der Waals surface area contributed by atoms with Crippen LogP contribution in [0.4, 0.5) is 11.4 Å². The van der Waals surface area contributed by atoms with Gasteiger partial charge in [0.25, 0.3) is 0 Å². The fourth-order valence-corrected chi connectivity index (χ4v) is 3.78. The first-order valence-corrected chi connectivity index (χ1v) is 10.9. The number of anilines is 2. The molecule has 0 aliphatic rings. The molecule has 0 heterocycles. The molecule has 0 spiro atoms. The number of hydrogen-bond donors (Lipinski definition) is 2. The molecule has 0 unspecified atom stereocenters. The Labute approximate surface area is 221 Å². The van der Waals surface area contributed by atoms with Crippen molar-refractivity contribution in [3.8, 4) is 0 Å². The average molecular weight is 600 g/mol. The molecule has 0 aromatic heterocycles. The fourth-order valence-electron chi connectivity index (χ4n) is 3.78. The molecule has 0 saturated carbocycles. The second-order valence-corrected chi connectivity index (χ2v) is 7.77. The van der Waals surface area contributed by atoms with Crippen LogP contribution in [0.1, 0.15) is 48.6 Å². The molecule has 0 saturated heterocycles. The molecule has 0 fully saturated rings. The van der Waals surface area contributed by atoms with Gasteiger partial charge in [-0.3, -0.25) is 0 Å². The molecule has 6 heteroatoms. The van der Waals surface area contributed by atoms with E-state index >= 15 is 0 Å². The summed E-state index contributed by atoms with van der Waals surface area (Å²) in [7, 11) is 2.20. The van der Waals surface area contributed by atoms with Gasteiger partial charge in [-0.15, -0.1) is 0 Å². The number of para-hydroxylation sites is 1. The minimum atomic E-state index is 0. The van der Waals surface area contributed by atoms with E-state index in [1.54, 1.807) is 0 Å². The normalized spacial score (nSPS) is 10.0. The summed E-state index contributed by atoms with van der Waals surface area (Å²) in [5.41, 5.74) is 9.65. The van der Waals surface area contributed by atoms with Gasteiger partial charge in [-0.05, 0) is 68.0 Å². The number of hydrogen-bond acceptors (Lipinski definition) is 3. The standard InChI is InChI=1S/C25H39N3.2BrH.Co/c1-7-21-17-22(8-2)25(23(9-3)18-21)27-14-16-28(6)15-13-26-24-19(4)11-10-12-20(24)5;;;/h10-12,17-18,26-27H,7-9,13-16H2,1-6H3;2*1H;/q;;;+2/p-2. The van der Waals surface area contributed by atoms with Crippen LogP contribution in [0.15, 0.2) is 30.3 Å². The predicted octanol–water partition coefficient (Wildman–Crippen LogP) is -0.548. The third kappa shape index (κ3) is 9.87. The summed E-state index contributed by atoms with van der Waals surface area (Å²) in [6.07, 6.45) is 3.27. The van der Waals surface area contributed by atoms with Crippen LogP contribution in [0.3, 0.4) is 0 Å². The van der Waals surface area contributed by atoms with E-state index in [1.807, 2.05) is 0 Å². The molecular weight excluding hydrogens is 561 g/mol. The van der Waals surface area contributed by atoms with Gasteiger partial charge in [0.05, 0.1) is 0 Å². The SMILES string of the molecule is CCc1cc(CC)c(NCCN(C)CCNc2c(C)cccc2C)c(CC)c1.[Br-].[Br-].[Co+2]. The van der Waals surface area contributed by atoms with E-state index in [0.717, 1.165) is 45.4 Å². The first-order chi connectivity index (χ1) is 13.5. The van der Waals surface area contributed by atoms with Gasteiger partial charge in [0, 0.05) is 37.6 Å². The first kappa shape index (κ1) is 32.6. The number of nitrogens with zero attached hydrogens (tertiary/aromatic N) is 1. The van der Waals surface area contributed by atoms with Crippen LogP contribution in [-0.2, 0) is 36.0 Å². The van der Waals surface area contributed by atoms with Gasteiger partial charge in [0.2, 0.25) is 0 Å². The van der Waals surface area contributed by atoms with Crippen molar-refractivity contribution < 1.29 is 50.7 Å². The first-order valence-electron chi connectivity index (χ1n) is 10.9. The summed E-state index contributed by atoms with van der Waals surface area (Å²) in [4.78, 5) is 2.39. The number of rotatable bonds is 11. The summed E-state index contributed by atoms with van der Waals surface area (Å²) in [6.45, 7) is 15.1. The Hall–Kier alpha value is -0.534. The topological polar surface area (TPSA) is 27.3 Å². The van der Waals surface area contributed by atoms with Crippen molar-refractivity contribution in [2.45, 2.75) is 53.9 Å². The fraction of sp³-hybridized carbons (Fsp3) is 0.520. The Morgan fingerprint density at radius 2 is 1.19 bits per heavy atom. The number of nitrogens with one attached hydrogen (secondary N) is 2. The van der Waals surface area contributed by atoms with E-state index in [1.165, 1.54) is 39.2 Å². The molecule has 31 heavy (non-hydrogen) atoms. The second kappa shape index (κ2) is 17.0. The maximum absolute atomic E-state index is 3.73. The van der Waals surface area contributed by atoms with Gasteiger partial charge in [-0.25, -0.2) is 0 Å². The predicted molar refractivity (Wildman–Crippen MR) is 125 cm³/mol. The average Bonchev–Trinajstić information content (AvgIpc) is 2.69. The molecule has 0 aliphatic carbocycles. The molecule has 0 atom stereocenters. The minimum absolute atomic E-state index is 0. The maximum atomic E-state index is 3.73. The van der Waals surface area contributed by atoms with Crippen LogP contribution in [0.2, 0.25) is 0 Å². The van der Waals surface area contributed by atoms with Crippen molar-refractivity contribution >= 4 is 11.4 Å². The van der Waals surface area contributed by atoms with Crippen LogP contribution in [0, 0.1) is 13.8 Å². The zero-order chi connectivity index (χ0) is 20.5. The summed E-state index contributed by atoms with van der Waals surface area (Å²) in [5.74, 6) is 0. The van der Waals surface area contributed by atoms with E-state index in [9.17, 15) is 0 Å². The molecule has 0 bridgehead atoms. The zero-order valence-electron chi connectivity index (χ0n) is 19.9. The van der Waals surface area contributed by atoms with E-state index < -0.39 is 0 Å². The smallest absolute Gasteiger partial charge is 1.00 e. The van der Waals surface area contributed by atoms with Gasteiger partial charge < -0.3 is 49.5 Å². The van der Waals surface area contributed by atoms with E-state index in [0.29, 0.717) is 0 Å². The molecule has 2 aromatic carbocycles. The Bertz CT molecular complexity index is 723.